The Balaban J connectivity index is 3.20. The minimum absolute atomic E-state index is 0.308. The van der Waals surface area contributed by atoms with Crippen LogP contribution in [0.5, 0.6) is 0 Å². The Morgan fingerprint density at radius 1 is 1.46 bits per heavy atom. The molecule has 0 aliphatic rings. The molecule has 3 heteroatoms. The molecule has 0 aromatic heterocycles. The molecule has 0 unspecified atom stereocenters. The van der Waals surface area contributed by atoms with Gasteiger partial charge in [0.05, 0.1) is 16.0 Å². The monoisotopic (exact) mass is 241 g/mol. The van der Waals surface area contributed by atoms with E-state index in [0.29, 0.717) is 4.47 Å². The van der Waals surface area contributed by atoms with Gasteiger partial charge in [-0.1, -0.05) is 6.07 Å². The summed E-state index contributed by atoms with van der Waals surface area (Å²) in [7, 11) is 0. The maximum atomic E-state index is 12.9. The van der Waals surface area contributed by atoms with Gasteiger partial charge in [0.25, 0.3) is 0 Å². The van der Waals surface area contributed by atoms with E-state index >= 15 is 0 Å². The Labute approximate surface area is 85.3 Å². The molecule has 1 aromatic rings. The van der Waals surface area contributed by atoms with Gasteiger partial charge in [-0.2, -0.15) is 5.26 Å². The summed E-state index contributed by atoms with van der Waals surface area (Å²) in [4.78, 5) is 0. The molecule has 13 heavy (non-hydrogen) atoms. The van der Waals surface area contributed by atoms with Crippen molar-refractivity contribution in [3.63, 3.8) is 0 Å². The van der Waals surface area contributed by atoms with Gasteiger partial charge in [0, 0.05) is 0 Å². The number of hydrogen-bond acceptors (Lipinski definition) is 1. The minimum Gasteiger partial charge on any atom is -0.206 e. The van der Waals surface area contributed by atoms with Gasteiger partial charge in [0.2, 0.25) is 0 Å². The first-order chi connectivity index (χ1) is 5.97. The van der Waals surface area contributed by atoms with Crippen molar-refractivity contribution in [2.45, 2.75) is 19.3 Å². The molecular formula is C10H9BrFN. The number of nitrogens with zero attached hydrogens (tertiary/aromatic N) is 1. The van der Waals surface area contributed by atoms with Gasteiger partial charge in [0.1, 0.15) is 5.82 Å². The Hall–Kier alpha value is -0.880. The van der Waals surface area contributed by atoms with E-state index < -0.39 is 5.41 Å². The van der Waals surface area contributed by atoms with E-state index in [0.717, 1.165) is 5.56 Å². The molecule has 0 saturated heterocycles. The van der Waals surface area contributed by atoms with E-state index in [1.165, 1.54) is 6.07 Å². The summed E-state index contributed by atoms with van der Waals surface area (Å²) in [5, 5.41) is 8.85. The van der Waals surface area contributed by atoms with Crippen molar-refractivity contribution < 1.29 is 4.39 Å². The molecule has 0 radical (unpaired) electrons. The molecule has 68 valence electrons. The van der Waals surface area contributed by atoms with Crippen LogP contribution in [0.2, 0.25) is 0 Å². The fourth-order valence-electron chi connectivity index (χ4n) is 0.949. The Bertz CT molecular complexity index is 366. The molecule has 0 spiro atoms. The average Bonchev–Trinajstić information content (AvgIpc) is 2.09. The van der Waals surface area contributed by atoms with Gasteiger partial charge in [-0.05, 0) is 47.5 Å². The van der Waals surface area contributed by atoms with Crippen molar-refractivity contribution in [2.24, 2.45) is 0 Å². The lowest BCUT2D eigenvalue weighted by atomic mass is 9.86. The smallest absolute Gasteiger partial charge is 0.137 e. The number of hydrogen-bond donors (Lipinski definition) is 0. The Morgan fingerprint density at radius 2 is 2.08 bits per heavy atom. The minimum atomic E-state index is -0.573. The molecule has 0 fully saturated rings. The van der Waals surface area contributed by atoms with Crippen molar-refractivity contribution in [3.8, 4) is 6.07 Å². The van der Waals surface area contributed by atoms with E-state index in [9.17, 15) is 4.39 Å². The highest BCUT2D eigenvalue weighted by Gasteiger charge is 2.20. The molecule has 0 bridgehead atoms. The number of rotatable bonds is 1. The van der Waals surface area contributed by atoms with Crippen molar-refractivity contribution in [2.75, 3.05) is 0 Å². The predicted octanol–water partition coefficient (Wildman–Crippen LogP) is 3.39. The highest BCUT2D eigenvalue weighted by molar-refractivity contribution is 9.10. The fourth-order valence-corrected chi connectivity index (χ4v) is 1.33. The third-order valence-corrected chi connectivity index (χ3v) is 2.53. The lowest BCUT2D eigenvalue weighted by Gasteiger charge is -2.15. The molecule has 0 atom stereocenters. The van der Waals surface area contributed by atoms with Crippen LogP contribution in [0.1, 0.15) is 19.4 Å². The second kappa shape index (κ2) is 3.47. The van der Waals surface area contributed by atoms with Crippen molar-refractivity contribution in [1.82, 2.24) is 0 Å². The van der Waals surface area contributed by atoms with Crippen LogP contribution in [-0.2, 0) is 5.41 Å². The third kappa shape index (κ3) is 2.07. The summed E-state index contributed by atoms with van der Waals surface area (Å²) in [6.45, 7) is 3.60. The number of halogens is 2. The summed E-state index contributed by atoms with van der Waals surface area (Å²) in [5.41, 5.74) is 0.235. The fraction of sp³-hybridized carbons (Fsp3) is 0.300. The van der Waals surface area contributed by atoms with Gasteiger partial charge in [-0.3, -0.25) is 0 Å². The first-order valence-corrected chi connectivity index (χ1v) is 4.63. The molecule has 0 aliphatic heterocycles. The maximum Gasteiger partial charge on any atom is 0.137 e. The average molecular weight is 242 g/mol. The number of benzene rings is 1. The molecule has 1 rings (SSSR count). The molecule has 0 aliphatic carbocycles. The zero-order chi connectivity index (χ0) is 10.1. The van der Waals surface area contributed by atoms with Crippen molar-refractivity contribution >= 4 is 15.9 Å². The van der Waals surface area contributed by atoms with Crippen molar-refractivity contribution in [1.29, 1.82) is 5.26 Å². The standard InChI is InChI=1S/C10H9BrFN/c1-10(2,6-13)7-3-4-9(12)8(11)5-7/h3-5H,1-2H3. The number of nitriles is 1. The largest absolute Gasteiger partial charge is 0.206 e. The Kier molecular flexibility index (Phi) is 2.72. The highest BCUT2D eigenvalue weighted by Crippen LogP contribution is 2.26. The van der Waals surface area contributed by atoms with Crippen LogP contribution in [-0.4, -0.2) is 0 Å². The second-order valence-electron chi connectivity index (χ2n) is 3.37. The summed E-state index contributed by atoms with van der Waals surface area (Å²) in [6.07, 6.45) is 0. The second-order valence-corrected chi connectivity index (χ2v) is 4.22. The normalized spacial score (nSPS) is 11.0. The zero-order valence-corrected chi connectivity index (χ0v) is 9.02. The van der Waals surface area contributed by atoms with E-state index in [2.05, 4.69) is 22.0 Å². The molecule has 1 nitrogen and oxygen atoms in total. The first kappa shape index (κ1) is 10.2. The molecule has 0 amide bonds. The van der Waals surface area contributed by atoms with E-state index in [1.807, 2.05) is 0 Å². The Morgan fingerprint density at radius 3 is 2.54 bits per heavy atom. The van der Waals surface area contributed by atoms with Crippen LogP contribution in [0.25, 0.3) is 0 Å². The molecule has 0 saturated carbocycles. The summed E-state index contributed by atoms with van der Waals surface area (Å²) in [5.74, 6) is -0.308. The van der Waals surface area contributed by atoms with Crippen LogP contribution in [0.4, 0.5) is 4.39 Å². The maximum absolute atomic E-state index is 12.9. The van der Waals surface area contributed by atoms with E-state index in [4.69, 9.17) is 5.26 Å². The lowest BCUT2D eigenvalue weighted by molar-refractivity contribution is 0.615. The van der Waals surface area contributed by atoms with Gasteiger partial charge >= 0.3 is 0 Å². The molecule has 0 N–H and O–H groups in total. The highest BCUT2D eigenvalue weighted by atomic mass is 79.9. The van der Waals surface area contributed by atoms with E-state index in [1.54, 1.807) is 26.0 Å². The van der Waals surface area contributed by atoms with Gasteiger partial charge in [-0.15, -0.1) is 0 Å². The molecular weight excluding hydrogens is 233 g/mol. The summed E-state index contributed by atoms with van der Waals surface area (Å²) in [6, 6.07) is 6.79. The first-order valence-electron chi connectivity index (χ1n) is 3.84. The van der Waals surface area contributed by atoms with Crippen LogP contribution in [0.3, 0.4) is 0 Å². The van der Waals surface area contributed by atoms with Gasteiger partial charge in [0.15, 0.2) is 0 Å². The molecule has 0 heterocycles. The van der Waals surface area contributed by atoms with Crippen LogP contribution in [0.15, 0.2) is 22.7 Å². The van der Waals surface area contributed by atoms with E-state index in [-0.39, 0.29) is 5.82 Å². The van der Waals surface area contributed by atoms with Crippen LogP contribution >= 0.6 is 15.9 Å². The predicted molar refractivity (Wildman–Crippen MR) is 52.7 cm³/mol. The van der Waals surface area contributed by atoms with Crippen LogP contribution in [0, 0.1) is 17.1 Å². The summed E-state index contributed by atoms with van der Waals surface area (Å²) >= 11 is 3.08. The molecule has 1 aromatic carbocycles. The lowest BCUT2D eigenvalue weighted by Crippen LogP contribution is -2.13. The van der Waals surface area contributed by atoms with Crippen molar-refractivity contribution in [3.05, 3.63) is 34.1 Å². The van der Waals surface area contributed by atoms with Crippen LogP contribution < -0.4 is 0 Å². The zero-order valence-electron chi connectivity index (χ0n) is 7.44. The van der Waals surface area contributed by atoms with Gasteiger partial charge in [-0.25, -0.2) is 4.39 Å². The topological polar surface area (TPSA) is 23.8 Å². The quantitative estimate of drug-likeness (QED) is 0.740. The summed E-state index contributed by atoms with van der Waals surface area (Å²) < 4.78 is 13.3. The van der Waals surface area contributed by atoms with Gasteiger partial charge < -0.3 is 0 Å². The SMILES string of the molecule is CC(C)(C#N)c1ccc(F)c(Br)c1. The third-order valence-electron chi connectivity index (χ3n) is 1.92.